The zero-order valence-electron chi connectivity index (χ0n) is 25.9. The highest BCUT2D eigenvalue weighted by Crippen LogP contribution is 2.58. The van der Waals surface area contributed by atoms with Crippen molar-refractivity contribution in [1.29, 1.82) is 0 Å². The number of hydrogen-bond acceptors (Lipinski definition) is 8. The van der Waals surface area contributed by atoms with Crippen LogP contribution in [0.25, 0.3) is 11.1 Å². The number of halogens is 1. The molecule has 4 aliphatic carbocycles. The van der Waals surface area contributed by atoms with Gasteiger partial charge in [0, 0.05) is 53.5 Å². The first kappa shape index (κ1) is 29.6. The molecular weight excluding hydrogens is 547 g/mol. The maximum absolute atomic E-state index is 15.0. The fourth-order valence-electron chi connectivity index (χ4n) is 6.90. The topological polar surface area (TPSA) is 107 Å². The SMILES string of the molecule is CCOc1ncc(-c2cncc(N(CC34CCC(c5nc(C(C)(C)C)no5)(CC3)CC4)C(=O)CCC3(F)CCC3)c2)cn1. The summed E-state index contributed by atoms with van der Waals surface area (Å²) < 4.78 is 26.2. The van der Waals surface area contributed by atoms with Gasteiger partial charge in [-0.15, -0.1) is 0 Å². The molecule has 0 unspecified atom stereocenters. The number of alkyl halides is 1. The molecular formula is C33H43FN6O3. The van der Waals surface area contributed by atoms with Gasteiger partial charge in [-0.05, 0) is 82.6 Å². The number of pyridine rings is 1. The molecule has 0 spiro atoms. The van der Waals surface area contributed by atoms with Gasteiger partial charge in [0.25, 0.3) is 0 Å². The molecule has 9 nitrogen and oxygen atoms in total. The van der Waals surface area contributed by atoms with Crippen LogP contribution in [0.5, 0.6) is 6.01 Å². The number of carbonyl (C=O) groups is 1. The summed E-state index contributed by atoms with van der Waals surface area (Å²) in [5.41, 5.74) is 0.846. The zero-order valence-corrected chi connectivity index (χ0v) is 25.9. The van der Waals surface area contributed by atoms with Crippen molar-refractivity contribution in [2.24, 2.45) is 5.41 Å². The van der Waals surface area contributed by atoms with Gasteiger partial charge in [0.1, 0.15) is 5.67 Å². The molecule has 2 bridgehead atoms. The van der Waals surface area contributed by atoms with Gasteiger partial charge in [-0.25, -0.2) is 14.4 Å². The van der Waals surface area contributed by atoms with Gasteiger partial charge in [0.05, 0.1) is 18.5 Å². The Hall–Kier alpha value is -3.43. The molecule has 4 saturated carbocycles. The second kappa shape index (κ2) is 11.2. The van der Waals surface area contributed by atoms with Crippen molar-refractivity contribution in [3.63, 3.8) is 0 Å². The van der Waals surface area contributed by atoms with Crippen molar-refractivity contribution in [3.05, 3.63) is 42.6 Å². The lowest BCUT2D eigenvalue weighted by atomic mass is 9.53. The molecule has 0 aliphatic heterocycles. The van der Waals surface area contributed by atoms with Crippen LogP contribution in [0.15, 0.2) is 35.4 Å². The number of nitrogens with zero attached hydrogens (tertiary/aromatic N) is 6. The smallest absolute Gasteiger partial charge is 0.316 e. The summed E-state index contributed by atoms with van der Waals surface area (Å²) >= 11 is 0. The summed E-state index contributed by atoms with van der Waals surface area (Å²) in [5.74, 6) is 1.47. The molecule has 0 saturated heterocycles. The summed E-state index contributed by atoms with van der Waals surface area (Å²) in [6.07, 6.45) is 15.1. The van der Waals surface area contributed by atoms with E-state index in [1.807, 2.05) is 17.9 Å². The van der Waals surface area contributed by atoms with E-state index in [9.17, 15) is 9.18 Å². The molecule has 0 radical (unpaired) electrons. The number of ether oxygens (including phenoxy) is 1. The van der Waals surface area contributed by atoms with Crippen LogP contribution in [0.1, 0.15) is 110 Å². The van der Waals surface area contributed by atoms with Crippen molar-refractivity contribution < 1.29 is 18.4 Å². The molecule has 3 heterocycles. The normalized spacial score (nSPS) is 24.4. The molecule has 3 aromatic rings. The van der Waals surface area contributed by atoms with Crippen molar-refractivity contribution in [3.8, 4) is 17.1 Å². The largest absolute Gasteiger partial charge is 0.464 e. The molecule has 43 heavy (non-hydrogen) atoms. The maximum atomic E-state index is 15.0. The predicted octanol–water partition coefficient (Wildman–Crippen LogP) is 6.92. The van der Waals surface area contributed by atoms with E-state index in [2.05, 4.69) is 40.9 Å². The van der Waals surface area contributed by atoms with E-state index in [0.717, 1.165) is 73.5 Å². The molecule has 4 aliphatic rings. The van der Waals surface area contributed by atoms with Gasteiger partial charge in [-0.3, -0.25) is 9.78 Å². The summed E-state index contributed by atoms with van der Waals surface area (Å²) in [4.78, 5) is 33.7. The Morgan fingerprint density at radius 2 is 1.70 bits per heavy atom. The first-order valence-corrected chi connectivity index (χ1v) is 15.8. The molecule has 0 atom stereocenters. The van der Waals surface area contributed by atoms with Crippen molar-refractivity contribution in [1.82, 2.24) is 25.1 Å². The minimum atomic E-state index is -1.20. The Bertz CT molecular complexity index is 1420. The number of fused-ring (bicyclic) bond motifs is 3. The van der Waals surface area contributed by atoms with Crippen LogP contribution in [0.2, 0.25) is 0 Å². The van der Waals surface area contributed by atoms with E-state index in [1.54, 1.807) is 24.8 Å². The minimum absolute atomic E-state index is 0.0214. The molecule has 4 fully saturated rings. The minimum Gasteiger partial charge on any atom is -0.464 e. The standard InChI is InChI=1S/C33H43FN6O3/c1-5-42-29-36-19-24(20-37-29)23-17-25(21-35-18-23)40(26(41)7-10-33(34)8-6-9-33)22-31-11-14-32(15-12-31,16-13-31)28-38-27(39-43-28)30(2,3)4/h17-21H,5-16,22H2,1-4H3. The fourth-order valence-corrected chi connectivity index (χ4v) is 6.90. The molecule has 230 valence electrons. The highest BCUT2D eigenvalue weighted by Gasteiger charge is 2.53. The average Bonchev–Trinajstić information content (AvgIpc) is 3.52. The van der Waals surface area contributed by atoms with Crippen molar-refractivity contribution >= 4 is 11.6 Å². The molecule has 1 amide bonds. The molecule has 7 rings (SSSR count). The van der Waals surface area contributed by atoms with E-state index in [0.29, 0.717) is 32.0 Å². The summed E-state index contributed by atoms with van der Waals surface area (Å²) in [7, 11) is 0. The Kier molecular flexibility index (Phi) is 7.75. The van der Waals surface area contributed by atoms with Crippen LogP contribution >= 0.6 is 0 Å². The van der Waals surface area contributed by atoms with E-state index in [-0.39, 0.29) is 35.0 Å². The van der Waals surface area contributed by atoms with E-state index >= 15 is 0 Å². The van der Waals surface area contributed by atoms with Gasteiger partial charge in [-0.1, -0.05) is 25.9 Å². The third-order valence-electron chi connectivity index (χ3n) is 10.1. The van der Waals surface area contributed by atoms with E-state index < -0.39 is 5.67 Å². The quantitative estimate of drug-likeness (QED) is 0.251. The van der Waals surface area contributed by atoms with E-state index in [4.69, 9.17) is 14.2 Å². The van der Waals surface area contributed by atoms with Crippen molar-refractivity contribution in [2.75, 3.05) is 18.1 Å². The summed E-state index contributed by atoms with van der Waals surface area (Å²) in [5, 5.41) is 4.31. The molecule has 0 aromatic carbocycles. The van der Waals surface area contributed by atoms with Gasteiger partial charge in [0.2, 0.25) is 11.8 Å². The third-order valence-corrected chi connectivity index (χ3v) is 10.1. The van der Waals surface area contributed by atoms with Gasteiger partial charge >= 0.3 is 6.01 Å². The second-order valence-electron chi connectivity index (χ2n) is 14.1. The van der Waals surface area contributed by atoms with Crippen LogP contribution in [-0.2, 0) is 15.6 Å². The third kappa shape index (κ3) is 6.02. The molecule has 10 heteroatoms. The summed E-state index contributed by atoms with van der Waals surface area (Å²) in [6.45, 7) is 9.25. The Labute approximate surface area is 253 Å². The van der Waals surface area contributed by atoms with Gasteiger partial charge < -0.3 is 14.2 Å². The van der Waals surface area contributed by atoms with Crippen LogP contribution in [0.4, 0.5) is 10.1 Å². The number of aromatic nitrogens is 5. The predicted molar refractivity (Wildman–Crippen MR) is 161 cm³/mol. The number of anilines is 1. The highest BCUT2D eigenvalue weighted by atomic mass is 19.1. The number of amides is 1. The Balaban J connectivity index is 1.23. The number of hydrogen-bond donors (Lipinski definition) is 0. The monoisotopic (exact) mass is 590 g/mol. The van der Waals surface area contributed by atoms with Crippen LogP contribution in [0.3, 0.4) is 0 Å². The zero-order chi connectivity index (χ0) is 30.3. The maximum Gasteiger partial charge on any atom is 0.316 e. The Morgan fingerprint density at radius 1 is 1.00 bits per heavy atom. The Morgan fingerprint density at radius 3 is 2.28 bits per heavy atom. The fraction of sp³-hybridized carbons (Fsp3) is 0.636. The van der Waals surface area contributed by atoms with Crippen LogP contribution < -0.4 is 9.64 Å². The first-order chi connectivity index (χ1) is 20.5. The summed E-state index contributed by atoms with van der Waals surface area (Å²) in [6, 6.07) is 2.29. The lowest BCUT2D eigenvalue weighted by Crippen LogP contribution is -2.51. The van der Waals surface area contributed by atoms with Crippen LogP contribution in [-0.4, -0.2) is 49.8 Å². The van der Waals surface area contributed by atoms with E-state index in [1.165, 1.54) is 0 Å². The van der Waals surface area contributed by atoms with Gasteiger partial charge in [0.15, 0.2) is 5.82 Å². The number of carbonyl (C=O) groups excluding carboxylic acids is 1. The van der Waals surface area contributed by atoms with Crippen LogP contribution in [0, 0.1) is 5.41 Å². The number of rotatable bonds is 10. The average molecular weight is 591 g/mol. The van der Waals surface area contributed by atoms with Crippen molar-refractivity contribution in [2.45, 2.75) is 115 Å². The van der Waals surface area contributed by atoms with Gasteiger partial charge in [-0.2, -0.15) is 4.98 Å². The first-order valence-electron chi connectivity index (χ1n) is 15.8. The lowest BCUT2D eigenvalue weighted by Gasteiger charge is -2.53. The second-order valence-corrected chi connectivity index (χ2v) is 14.1. The lowest BCUT2D eigenvalue weighted by molar-refractivity contribution is -0.120. The highest BCUT2D eigenvalue weighted by molar-refractivity contribution is 5.94. The molecule has 0 N–H and O–H groups in total. The molecule has 3 aromatic heterocycles.